The standard InChI is InChI=1S/C13H26O/c1-11(2)7-6-8-13(5)9-10-14-12(3)4/h12-13H,1,6-10H2,2-5H3. The molecule has 0 aromatic heterocycles. The molecule has 0 aliphatic heterocycles. The summed E-state index contributed by atoms with van der Waals surface area (Å²) in [6.45, 7) is 13.4. The van der Waals surface area contributed by atoms with Gasteiger partial charge in [-0.15, -0.1) is 6.58 Å². The van der Waals surface area contributed by atoms with Gasteiger partial charge in [-0.25, -0.2) is 0 Å². The average molecular weight is 198 g/mol. The van der Waals surface area contributed by atoms with Gasteiger partial charge in [-0.3, -0.25) is 0 Å². The van der Waals surface area contributed by atoms with Gasteiger partial charge in [0.25, 0.3) is 0 Å². The predicted octanol–water partition coefficient (Wildman–Crippen LogP) is 4.18. The number of ether oxygens (including phenoxy) is 1. The number of allylic oxidation sites excluding steroid dienone is 1. The van der Waals surface area contributed by atoms with Crippen molar-refractivity contribution < 1.29 is 4.74 Å². The molecule has 0 aliphatic carbocycles. The summed E-state index contributed by atoms with van der Waals surface area (Å²) in [6, 6.07) is 0. The van der Waals surface area contributed by atoms with Crippen molar-refractivity contribution in [3.8, 4) is 0 Å². The second-order valence-corrected chi connectivity index (χ2v) is 4.66. The maximum Gasteiger partial charge on any atom is 0.0518 e. The Hall–Kier alpha value is -0.300. The number of rotatable bonds is 8. The highest BCUT2D eigenvalue weighted by molar-refractivity contribution is 4.87. The molecular formula is C13H26O. The van der Waals surface area contributed by atoms with Crippen LogP contribution in [-0.2, 0) is 4.74 Å². The molecule has 0 rings (SSSR count). The third-order valence-corrected chi connectivity index (χ3v) is 2.36. The molecule has 0 aliphatic rings. The molecule has 0 heterocycles. The van der Waals surface area contributed by atoms with E-state index < -0.39 is 0 Å². The van der Waals surface area contributed by atoms with E-state index in [2.05, 4.69) is 34.3 Å². The highest BCUT2D eigenvalue weighted by Gasteiger charge is 2.02. The van der Waals surface area contributed by atoms with Crippen molar-refractivity contribution in [2.75, 3.05) is 6.61 Å². The van der Waals surface area contributed by atoms with E-state index in [1.165, 1.54) is 31.3 Å². The highest BCUT2D eigenvalue weighted by atomic mass is 16.5. The molecule has 0 spiro atoms. The van der Waals surface area contributed by atoms with Gasteiger partial charge >= 0.3 is 0 Å². The second kappa shape index (κ2) is 8.05. The fraction of sp³-hybridized carbons (Fsp3) is 0.846. The van der Waals surface area contributed by atoms with Crippen molar-refractivity contribution in [3.63, 3.8) is 0 Å². The molecular weight excluding hydrogens is 172 g/mol. The fourth-order valence-corrected chi connectivity index (χ4v) is 1.40. The molecule has 1 heteroatoms. The second-order valence-electron chi connectivity index (χ2n) is 4.66. The third kappa shape index (κ3) is 9.79. The summed E-state index contributed by atoms with van der Waals surface area (Å²) in [6.07, 6.45) is 5.31. The van der Waals surface area contributed by atoms with Gasteiger partial charge in [0.05, 0.1) is 6.10 Å². The van der Waals surface area contributed by atoms with E-state index in [0.717, 1.165) is 12.5 Å². The largest absolute Gasteiger partial charge is 0.379 e. The number of hydrogen-bond acceptors (Lipinski definition) is 1. The van der Waals surface area contributed by atoms with Crippen LogP contribution < -0.4 is 0 Å². The van der Waals surface area contributed by atoms with E-state index in [1.807, 2.05) is 0 Å². The first kappa shape index (κ1) is 13.7. The molecule has 84 valence electrons. The van der Waals surface area contributed by atoms with Crippen molar-refractivity contribution in [1.29, 1.82) is 0 Å². The molecule has 0 fully saturated rings. The summed E-state index contributed by atoms with van der Waals surface area (Å²) in [4.78, 5) is 0. The zero-order valence-corrected chi connectivity index (χ0v) is 10.3. The first-order chi connectivity index (χ1) is 6.52. The molecule has 0 radical (unpaired) electrons. The molecule has 0 saturated heterocycles. The van der Waals surface area contributed by atoms with E-state index in [-0.39, 0.29) is 0 Å². The molecule has 0 N–H and O–H groups in total. The smallest absolute Gasteiger partial charge is 0.0518 e. The lowest BCUT2D eigenvalue weighted by Gasteiger charge is -2.12. The predicted molar refractivity (Wildman–Crippen MR) is 63.5 cm³/mol. The van der Waals surface area contributed by atoms with E-state index in [4.69, 9.17) is 4.74 Å². The summed E-state index contributed by atoms with van der Waals surface area (Å²) >= 11 is 0. The van der Waals surface area contributed by atoms with Crippen LogP contribution in [-0.4, -0.2) is 12.7 Å². The van der Waals surface area contributed by atoms with Crippen molar-refractivity contribution in [2.45, 2.75) is 59.5 Å². The Labute approximate surface area is 89.5 Å². The van der Waals surface area contributed by atoms with Crippen LogP contribution in [0.4, 0.5) is 0 Å². The minimum Gasteiger partial charge on any atom is -0.379 e. The maximum absolute atomic E-state index is 5.52. The first-order valence-corrected chi connectivity index (χ1v) is 5.78. The zero-order valence-electron chi connectivity index (χ0n) is 10.3. The van der Waals surface area contributed by atoms with E-state index in [0.29, 0.717) is 6.10 Å². The summed E-state index contributed by atoms with van der Waals surface area (Å²) in [5, 5.41) is 0. The van der Waals surface area contributed by atoms with Gasteiger partial charge in [-0.05, 0) is 46.0 Å². The summed E-state index contributed by atoms with van der Waals surface area (Å²) in [5.74, 6) is 0.785. The van der Waals surface area contributed by atoms with Crippen LogP contribution in [0.1, 0.15) is 53.4 Å². The number of hydrogen-bond donors (Lipinski definition) is 0. The summed E-state index contributed by atoms with van der Waals surface area (Å²) in [7, 11) is 0. The minimum absolute atomic E-state index is 0.373. The molecule has 0 aromatic rings. The molecule has 0 aromatic carbocycles. The van der Waals surface area contributed by atoms with Gasteiger partial charge in [0.1, 0.15) is 0 Å². The molecule has 1 unspecified atom stereocenters. The van der Waals surface area contributed by atoms with Crippen LogP contribution >= 0.6 is 0 Å². The van der Waals surface area contributed by atoms with Crippen LogP contribution in [0, 0.1) is 5.92 Å². The van der Waals surface area contributed by atoms with E-state index in [9.17, 15) is 0 Å². The Morgan fingerprint density at radius 2 is 1.86 bits per heavy atom. The summed E-state index contributed by atoms with van der Waals surface area (Å²) < 4.78 is 5.52. The fourth-order valence-electron chi connectivity index (χ4n) is 1.40. The van der Waals surface area contributed by atoms with E-state index in [1.54, 1.807) is 0 Å². The van der Waals surface area contributed by atoms with Gasteiger partial charge in [0, 0.05) is 6.61 Å². The first-order valence-electron chi connectivity index (χ1n) is 5.78. The SMILES string of the molecule is C=C(C)CCCC(C)CCOC(C)C. The Kier molecular flexibility index (Phi) is 7.87. The quantitative estimate of drug-likeness (QED) is 0.531. The third-order valence-electron chi connectivity index (χ3n) is 2.36. The molecule has 1 atom stereocenters. The van der Waals surface area contributed by atoms with Crippen LogP contribution in [0.5, 0.6) is 0 Å². The topological polar surface area (TPSA) is 9.23 Å². The van der Waals surface area contributed by atoms with Crippen molar-refractivity contribution >= 4 is 0 Å². The average Bonchev–Trinajstić information content (AvgIpc) is 2.02. The van der Waals surface area contributed by atoms with Crippen LogP contribution in [0.3, 0.4) is 0 Å². The minimum atomic E-state index is 0.373. The normalized spacial score (nSPS) is 13.2. The Morgan fingerprint density at radius 3 is 2.36 bits per heavy atom. The van der Waals surface area contributed by atoms with E-state index >= 15 is 0 Å². The van der Waals surface area contributed by atoms with Gasteiger partial charge in [-0.2, -0.15) is 0 Å². The zero-order chi connectivity index (χ0) is 11.0. The molecule has 0 amide bonds. The lowest BCUT2D eigenvalue weighted by atomic mass is 9.99. The van der Waals surface area contributed by atoms with Crippen LogP contribution in [0.2, 0.25) is 0 Å². The monoisotopic (exact) mass is 198 g/mol. The maximum atomic E-state index is 5.52. The van der Waals surface area contributed by atoms with Crippen molar-refractivity contribution in [2.24, 2.45) is 5.92 Å². The van der Waals surface area contributed by atoms with Gasteiger partial charge in [-0.1, -0.05) is 18.9 Å². The molecule has 1 nitrogen and oxygen atoms in total. The van der Waals surface area contributed by atoms with Crippen LogP contribution in [0.15, 0.2) is 12.2 Å². The van der Waals surface area contributed by atoms with Gasteiger partial charge in [0.15, 0.2) is 0 Å². The van der Waals surface area contributed by atoms with Crippen molar-refractivity contribution in [1.82, 2.24) is 0 Å². The highest BCUT2D eigenvalue weighted by Crippen LogP contribution is 2.14. The van der Waals surface area contributed by atoms with Gasteiger partial charge in [0.2, 0.25) is 0 Å². The molecule has 0 saturated carbocycles. The summed E-state index contributed by atoms with van der Waals surface area (Å²) in [5.41, 5.74) is 1.30. The molecule has 0 bridgehead atoms. The van der Waals surface area contributed by atoms with Crippen LogP contribution in [0.25, 0.3) is 0 Å². The lowest BCUT2D eigenvalue weighted by molar-refractivity contribution is 0.0689. The Balaban J connectivity index is 3.27. The van der Waals surface area contributed by atoms with Gasteiger partial charge < -0.3 is 4.74 Å². The van der Waals surface area contributed by atoms with Crippen molar-refractivity contribution in [3.05, 3.63) is 12.2 Å². The molecule has 14 heavy (non-hydrogen) atoms. The lowest BCUT2D eigenvalue weighted by Crippen LogP contribution is -2.07. The Morgan fingerprint density at radius 1 is 1.21 bits per heavy atom. The Bertz CT molecular complexity index is 149.